The van der Waals surface area contributed by atoms with Crippen molar-refractivity contribution >= 4 is 5.78 Å². The summed E-state index contributed by atoms with van der Waals surface area (Å²) in [7, 11) is 0. The Bertz CT molecular complexity index is 173. The molecule has 12 heavy (non-hydrogen) atoms. The van der Waals surface area contributed by atoms with Crippen molar-refractivity contribution in [3.63, 3.8) is 0 Å². The fourth-order valence-corrected chi connectivity index (χ4v) is 1.71. The Labute approximate surface area is 74.0 Å². The van der Waals surface area contributed by atoms with Crippen LogP contribution in [-0.4, -0.2) is 17.5 Å². The van der Waals surface area contributed by atoms with Crippen LogP contribution in [0.5, 0.6) is 0 Å². The summed E-state index contributed by atoms with van der Waals surface area (Å²) in [6.45, 7) is 6.12. The van der Waals surface area contributed by atoms with Crippen molar-refractivity contribution in [1.29, 1.82) is 0 Å². The van der Waals surface area contributed by atoms with Crippen LogP contribution in [0.1, 0.15) is 33.6 Å². The zero-order valence-corrected chi connectivity index (χ0v) is 8.13. The Morgan fingerprint density at radius 2 is 1.92 bits per heavy atom. The first kappa shape index (κ1) is 9.72. The first-order valence-corrected chi connectivity index (χ1v) is 4.60. The molecule has 0 aromatic rings. The molecule has 0 aromatic carbocycles. The highest BCUT2D eigenvalue weighted by atomic mass is 16.3. The van der Waals surface area contributed by atoms with Gasteiger partial charge < -0.3 is 5.11 Å². The quantitative estimate of drug-likeness (QED) is 0.683. The number of aliphatic hydroxyl groups is 1. The normalized spacial score (nSPS) is 29.7. The molecular formula is C10H18O2. The largest absolute Gasteiger partial charge is 0.396 e. The van der Waals surface area contributed by atoms with E-state index in [1.54, 1.807) is 0 Å². The number of Topliss-reactive ketones (excluding diaryl/α,β-unsaturated/α-hetero) is 1. The van der Waals surface area contributed by atoms with Gasteiger partial charge in [0.25, 0.3) is 0 Å². The third-order valence-corrected chi connectivity index (χ3v) is 2.60. The minimum atomic E-state index is -0.203. The molecule has 2 heteroatoms. The summed E-state index contributed by atoms with van der Waals surface area (Å²) in [6, 6.07) is 0. The molecule has 1 fully saturated rings. The van der Waals surface area contributed by atoms with Gasteiger partial charge in [0.05, 0.1) is 0 Å². The van der Waals surface area contributed by atoms with E-state index < -0.39 is 0 Å². The Kier molecular flexibility index (Phi) is 2.57. The lowest BCUT2D eigenvalue weighted by Crippen LogP contribution is -2.38. The molecule has 70 valence electrons. The van der Waals surface area contributed by atoms with Crippen molar-refractivity contribution in [2.75, 3.05) is 6.61 Å². The van der Waals surface area contributed by atoms with E-state index in [9.17, 15) is 4.79 Å². The number of ketones is 1. The van der Waals surface area contributed by atoms with E-state index >= 15 is 0 Å². The van der Waals surface area contributed by atoms with Gasteiger partial charge in [-0.05, 0) is 18.8 Å². The van der Waals surface area contributed by atoms with Gasteiger partial charge >= 0.3 is 0 Å². The van der Waals surface area contributed by atoms with Crippen molar-refractivity contribution in [2.45, 2.75) is 33.6 Å². The van der Waals surface area contributed by atoms with Gasteiger partial charge in [-0.25, -0.2) is 0 Å². The average molecular weight is 170 g/mol. The van der Waals surface area contributed by atoms with Gasteiger partial charge in [0, 0.05) is 17.9 Å². The molecule has 0 amide bonds. The van der Waals surface area contributed by atoms with Crippen LogP contribution in [-0.2, 0) is 4.79 Å². The standard InChI is InChI=1S/C10H18O2/c1-10(2,3)9(12)8-4-7(5-8)6-11/h7-8,11H,4-6H2,1-3H3. The van der Waals surface area contributed by atoms with E-state index in [0.29, 0.717) is 11.7 Å². The molecule has 0 spiro atoms. The number of hydrogen-bond donors (Lipinski definition) is 1. The summed E-state index contributed by atoms with van der Waals surface area (Å²) in [5.41, 5.74) is -0.203. The zero-order chi connectivity index (χ0) is 9.35. The number of carbonyl (C=O) groups is 1. The molecule has 0 heterocycles. The Morgan fingerprint density at radius 3 is 2.25 bits per heavy atom. The molecular weight excluding hydrogens is 152 g/mol. The molecule has 0 atom stereocenters. The third-order valence-electron chi connectivity index (χ3n) is 2.60. The van der Waals surface area contributed by atoms with E-state index in [-0.39, 0.29) is 17.9 Å². The molecule has 0 bridgehead atoms. The lowest BCUT2D eigenvalue weighted by Gasteiger charge is -2.36. The van der Waals surface area contributed by atoms with Crippen LogP contribution >= 0.6 is 0 Å². The Morgan fingerprint density at radius 1 is 1.42 bits per heavy atom. The fraction of sp³-hybridized carbons (Fsp3) is 0.900. The molecule has 0 aliphatic heterocycles. The van der Waals surface area contributed by atoms with E-state index in [4.69, 9.17) is 5.11 Å². The second-order valence-electron chi connectivity index (χ2n) is 4.83. The first-order valence-electron chi connectivity index (χ1n) is 4.60. The number of rotatable bonds is 2. The first-order chi connectivity index (χ1) is 5.45. The van der Waals surface area contributed by atoms with Gasteiger partial charge in [-0.1, -0.05) is 20.8 Å². The van der Waals surface area contributed by atoms with Crippen LogP contribution in [0.4, 0.5) is 0 Å². The van der Waals surface area contributed by atoms with Gasteiger partial charge in [0.15, 0.2) is 0 Å². The molecule has 0 aromatic heterocycles. The van der Waals surface area contributed by atoms with Crippen LogP contribution < -0.4 is 0 Å². The predicted molar refractivity (Wildman–Crippen MR) is 47.8 cm³/mol. The van der Waals surface area contributed by atoms with Crippen molar-refractivity contribution in [3.8, 4) is 0 Å². The Balaban J connectivity index is 2.39. The minimum absolute atomic E-state index is 0.203. The lowest BCUT2D eigenvalue weighted by atomic mass is 9.68. The summed E-state index contributed by atoms with van der Waals surface area (Å²) in [5.74, 6) is 0.968. The molecule has 0 saturated heterocycles. The smallest absolute Gasteiger partial charge is 0.141 e. The molecule has 1 N–H and O–H groups in total. The third kappa shape index (κ3) is 1.86. The second kappa shape index (κ2) is 3.17. The number of aliphatic hydroxyl groups excluding tert-OH is 1. The second-order valence-corrected chi connectivity index (χ2v) is 4.83. The molecule has 1 aliphatic carbocycles. The van der Waals surface area contributed by atoms with E-state index in [0.717, 1.165) is 12.8 Å². The van der Waals surface area contributed by atoms with Crippen LogP contribution in [0.2, 0.25) is 0 Å². The monoisotopic (exact) mass is 170 g/mol. The van der Waals surface area contributed by atoms with Crippen molar-refractivity contribution in [3.05, 3.63) is 0 Å². The Hall–Kier alpha value is -0.370. The maximum absolute atomic E-state index is 11.6. The van der Waals surface area contributed by atoms with Gasteiger partial charge in [-0.3, -0.25) is 4.79 Å². The zero-order valence-electron chi connectivity index (χ0n) is 8.13. The van der Waals surface area contributed by atoms with E-state index in [1.165, 1.54) is 0 Å². The summed E-state index contributed by atoms with van der Waals surface area (Å²) >= 11 is 0. The summed E-state index contributed by atoms with van der Waals surface area (Å²) < 4.78 is 0. The molecule has 1 saturated carbocycles. The predicted octanol–water partition coefficient (Wildman–Crippen LogP) is 1.62. The van der Waals surface area contributed by atoms with Crippen molar-refractivity contribution in [1.82, 2.24) is 0 Å². The fourth-order valence-electron chi connectivity index (χ4n) is 1.71. The maximum atomic E-state index is 11.6. The summed E-state index contributed by atoms with van der Waals surface area (Å²) in [5, 5.41) is 8.78. The minimum Gasteiger partial charge on any atom is -0.396 e. The SMILES string of the molecule is CC(C)(C)C(=O)C1CC(CO)C1. The highest BCUT2D eigenvalue weighted by Gasteiger charge is 2.38. The van der Waals surface area contributed by atoms with Crippen LogP contribution in [0, 0.1) is 17.3 Å². The highest BCUT2D eigenvalue weighted by Crippen LogP contribution is 2.38. The van der Waals surface area contributed by atoms with Gasteiger partial charge in [0.1, 0.15) is 5.78 Å². The van der Waals surface area contributed by atoms with Crippen LogP contribution in [0.3, 0.4) is 0 Å². The highest BCUT2D eigenvalue weighted by molar-refractivity contribution is 5.86. The molecule has 1 aliphatic rings. The topological polar surface area (TPSA) is 37.3 Å². The number of carbonyl (C=O) groups excluding carboxylic acids is 1. The lowest BCUT2D eigenvalue weighted by molar-refractivity contribution is -0.135. The van der Waals surface area contributed by atoms with Crippen molar-refractivity contribution in [2.24, 2.45) is 17.3 Å². The van der Waals surface area contributed by atoms with E-state index in [2.05, 4.69) is 0 Å². The van der Waals surface area contributed by atoms with Gasteiger partial charge in [-0.2, -0.15) is 0 Å². The maximum Gasteiger partial charge on any atom is 0.141 e. The average Bonchev–Trinajstić information content (AvgIpc) is 1.83. The molecule has 1 rings (SSSR count). The summed E-state index contributed by atoms with van der Waals surface area (Å²) in [4.78, 5) is 11.6. The molecule has 2 nitrogen and oxygen atoms in total. The van der Waals surface area contributed by atoms with Gasteiger partial charge in [0.2, 0.25) is 0 Å². The van der Waals surface area contributed by atoms with E-state index in [1.807, 2.05) is 20.8 Å². The molecule has 0 unspecified atom stereocenters. The summed E-state index contributed by atoms with van der Waals surface area (Å²) in [6.07, 6.45) is 1.79. The molecule has 0 radical (unpaired) electrons. The van der Waals surface area contributed by atoms with Gasteiger partial charge in [-0.15, -0.1) is 0 Å². The number of hydrogen-bond acceptors (Lipinski definition) is 2. The van der Waals surface area contributed by atoms with Crippen molar-refractivity contribution < 1.29 is 9.90 Å². The van der Waals surface area contributed by atoms with Crippen LogP contribution in [0.15, 0.2) is 0 Å². The van der Waals surface area contributed by atoms with Crippen LogP contribution in [0.25, 0.3) is 0 Å².